The van der Waals surface area contributed by atoms with Crippen molar-refractivity contribution < 1.29 is 23.0 Å². The minimum atomic E-state index is -2.83. The van der Waals surface area contributed by atoms with Crippen molar-refractivity contribution in [2.45, 2.75) is 20.0 Å². The van der Waals surface area contributed by atoms with Crippen LogP contribution in [0.25, 0.3) is 0 Å². The maximum absolute atomic E-state index is 12.1. The Bertz CT molecular complexity index is 687. The monoisotopic (exact) mass is 335 g/mol. The van der Waals surface area contributed by atoms with Gasteiger partial charge in [0.25, 0.3) is 5.91 Å². The normalized spacial score (nSPS) is 10.5. The molecule has 0 spiro atoms. The molecule has 2 rings (SSSR count). The van der Waals surface area contributed by atoms with Gasteiger partial charge >= 0.3 is 6.61 Å². The molecule has 0 aliphatic rings. The summed E-state index contributed by atoms with van der Waals surface area (Å²) >= 11 is 0. The van der Waals surface area contributed by atoms with Gasteiger partial charge in [0, 0.05) is 12.1 Å². The number of rotatable bonds is 7. The number of halogens is 2. The molecule has 0 aliphatic heterocycles. The third-order valence-electron chi connectivity index (χ3n) is 3.52. The van der Waals surface area contributed by atoms with Gasteiger partial charge in [-0.2, -0.15) is 8.78 Å². The lowest BCUT2D eigenvalue weighted by molar-refractivity contribution is -0.0498. The number of carbonyl (C=O) groups excluding carboxylic acids is 1. The van der Waals surface area contributed by atoms with Gasteiger partial charge in [-0.3, -0.25) is 4.79 Å². The highest BCUT2D eigenvalue weighted by Gasteiger charge is 2.08. The van der Waals surface area contributed by atoms with Crippen LogP contribution in [-0.4, -0.2) is 26.2 Å². The molecule has 0 aliphatic carbocycles. The van der Waals surface area contributed by atoms with Gasteiger partial charge in [0.2, 0.25) is 0 Å². The first-order chi connectivity index (χ1) is 11.5. The average molecular weight is 335 g/mol. The van der Waals surface area contributed by atoms with Crippen molar-refractivity contribution in [2.75, 3.05) is 13.7 Å². The van der Waals surface area contributed by atoms with Crippen LogP contribution in [0.2, 0.25) is 0 Å². The van der Waals surface area contributed by atoms with Crippen LogP contribution in [0.1, 0.15) is 21.5 Å². The second-order valence-electron chi connectivity index (χ2n) is 5.21. The summed E-state index contributed by atoms with van der Waals surface area (Å²) in [6, 6.07) is 11.6. The van der Waals surface area contributed by atoms with Crippen molar-refractivity contribution >= 4 is 5.91 Å². The number of benzene rings is 2. The third-order valence-corrected chi connectivity index (χ3v) is 3.52. The number of hydrogen-bond donors (Lipinski definition) is 1. The second-order valence-corrected chi connectivity index (χ2v) is 5.21. The first-order valence-electron chi connectivity index (χ1n) is 7.46. The van der Waals surface area contributed by atoms with Crippen molar-refractivity contribution in [3.63, 3.8) is 0 Å². The maximum Gasteiger partial charge on any atom is 0.387 e. The van der Waals surface area contributed by atoms with Crippen molar-refractivity contribution in [1.29, 1.82) is 0 Å². The minimum Gasteiger partial charge on any atom is -0.496 e. The fourth-order valence-corrected chi connectivity index (χ4v) is 2.22. The lowest BCUT2D eigenvalue weighted by Crippen LogP contribution is -2.25. The molecule has 4 nitrogen and oxygen atoms in total. The van der Waals surface area contributed by atoms with Gasteiger partial charge in [-0.25, -0.2) is 0 Å². The molecule has 2 aromatic rings. The highest BCUT2D eigenvalue weighted by molar-refractivity contribution is 5.94. The zero-order chi connectivity index (χ0) is 17.5. The zero-order valence-corrected chi connectivity index (χ0v) is 13.5. The van der Waals surface area contributed by atoms with E-state index < -0.39 is 6.61 Å². The number of hydrogen-bond acceptors (Lipinski definition) is 3. The van der Waals surface area contributed by atoms with Crippen molar-refractivity contribution in [1.82, 2.24) is 5.32 Å². The van der Waals surface area contributed by atoms with E-state index >= 15 is 0 Å². The molecule has 0 atom stereocenters. The Morgan fingerprint density at radius 3 is 2.50 bits per heavy atom. The van der Waals surface area contributed by atoms with Crippen LogP contribution in [0.15, 0.2) is 42.5 Å². The standard InChI is InChI=1S/C18H19F2NO3/c1-12-3-6-14(11-16(12)23-2)17(22)21-10-9-13-4-7-15(8-5-13)24-18(19)20/h3-8,11,18H,9-10H2,1-2H3,(H,21,22). The van der Waals surface area contributed by atoms with Gasteiger partial charge in [-0.05, 0) is 48.7 Å². The summed E-state index contributed by atoms with van der Waals surface area (Å²) in [6.45, 7) is -0.493. The largest absolute Gasteiger partial charge is 0.496 e. The van der Waals surface area contributed by atoms with E-state index in [0.717, 1.165) is 11.1 Å². The molecule has 1 N–H and O–H groups in total. The Hall–Kier alpha value is -2.63. The molecule has 0 unspecified atom stereocenters. The van der Waals surface area contributed by atoms with Crippen LogP contribution < -0.4 is 14.8 Å². The van der Waals surface area contributed by atoms with Crippen molar-refractivity contribution in [3.05, 3.63) is 59.2 Å². The van der Waals surface area contributed by atoms with E-state index in [-0.39, 0.29) is 11.7 Å². The topological polar surface area (TPSA) is 47.6 Å². The van der Waals surface area contributed by atoms with E-state index in [0.29, 0.717) is 24.3 Å². The average Bonchev–Trinajstić information content (AvgIpc) is 2.56. The summed E-state index contributed by atoms with van der Waals surface area (Å²) in [5.41, 5.74) is 2.40. The lowest BCUT2D eigenvalue weighted by Gasteiger charge is -2.09. The number of methoxy groups -OCH3 is 1. The molecule has 128 valence electrons. The van der Waals surface area contributed by atoms with Crippen LogP contribution in [0.4, 0.5) is 8.78 Å². The van der Waals surface area contributed by atoms with Gasteiger partial charge in [-0.15, -0.1) is 0 Å². The molecule has 0 aromatic heterocycles. The quantitative estimate of drug-likeness (QED) is 0.841. The van der Waals surface area contributed by atoms with E-state index in [1.165, 1.54) is 12.1 Å². The Morgan fingerprint density at radius 2 is 1.88 bits per heavy atom. The van der Waals surface area contributed by atoms with Crippen LogP contribution in [-0.2, 0) is 6.42 Å². The van der Waals surface area contributed by atoms with Crippen LogP contribution >= 0.6 is 0 Å². The summed E-state index contributed by atoms with van der Waals surface area (Å²) in [7, 11) is 1.56. The van der Waals surface area contributed by atoms with Crippen molar-refractivity contribution in [2.24, 2.45) is 0 Å². The Labute approximate surface area is 139 Å². The number of amides is 1. The van der Waals surface area contributed by atoms with Gasteiger partial charge in [-0.1, -0.05) is 18.2 Å². The van der Waals surface area contributed by atoms with Gasteiger partial charge in [0.15, 0.2) is 0 Å². The van der Waals surface area contributed by atoms with E-state index in [1.54, 1.807) is 31.4 Å². The molecular weight excluding hydrogens is 316 g/mol. The summed E-state index contributed by atoms with van der Waals surface area (Å²) in [5.74, 6) is 0.591. The zero-order valence-electron chi connectivity index (χ0n) is 13.5. The Morgan fingerprint density at radius 1 is 1.17 bits per heavy atom. The minimum absolute atomic E-state index is 0.115. The van der Waals surface area contributed by atoms with E-state index in [9.17, 15) is 13.6 Å². The first-order valence-corrected chi connectivity index (χ1v) is 7.46. The number of aryl methyl sites for hydroxylation is 1. The SMILES string of the molecule is COc1cc(C(=O)NCCc2ccc(OC(F)F)cc2)ccc1C. The number of nitrogens with one attached hydrogen (secondary N) is 1. The molecule has 1 amide bonds. The third kappa shape index (κ3) is 4.94. The molecular formula is C18H19F2NO3. The predicted molar refractivity (Wildman–Crippen MR) is 86.8 cm³/mol. The number of ether oxygens (including phenoxy) is 2. The van der Waals surface area contributed by atoms with E-state index in [1.807, 2.05) is 13.0 Å². The molecule has 0 fully saturated rings. The molecule has 0 radical (unpaired) electrons. The number of carbonyl (C=O) groups is 1. The van der Waals surface area contributed by atoms with Crippen LogP contribution in [0.3, 0.4) is 0 Å². The van der Waals surface area contributed by atoms with Gasteiger partial charge < -0.3 is 14.8 Å². The molecule has 0 heterocycles. The lowest BCUT2D eigenvalue weighted by atomic mass is 10.1. The summed E-state index contributed by atoms with van der Waals surface area (Å²) < 4.78 is 33.6. The fraction of sp³-hybridized carbons (Fsp3) is 0.278. The maximum atomic E-state index is 12.1. The van der Waals surface area contributed by atoms with Gasteiger partial charge in [0.05, 0.1) is 7.11 Å². The van der Waals surface area contributed by atoms with Crippen LogP contribution in [0.5, 0.6) is 11.5 Å². The van der Waals surface area contributed by atoms with Crippen molar-refractivity contribution in [3.8, 4) is 11.5 Å². The van der Waals surface area contributed by atoms with Gasteiger partial charge in [0.1, 0.15) is 11.5 Å². The smallest absolute Gasteiger partial charge is 0.387 e. The summed E-state index contributed by atoms with van der Waals surface area (Å²) in [4.78, 5) is 12.1. The molecule has 0 saturated carbocycles. The molecule has 0 saturated heterocycles. The van der Waals surface area contributed by atoms with E-state index in [4.69, 9.17) is 4.74 Å². The molecule has 2 aromatic carbocycles. The second kappa shape index (κ2) is 8.29. The fourth-order valence-electron chi connectivity index (χ4n) is 2.22. The van der Waals surface area contributed by atoms with E-state index in [2.05, 4.69) is 10.1 Å². The highest BCUT2D eigenvalue weighted by atomic mass is 19.3. The first kappa shape index (κ1) is 17.7. The number of alkyl halides is 2. The Balaban J connectivity index is 1.86. The summed E-state index contributed by atoms with van der Waals surface area (Å²) in [6.07, 6.45) is 0.587. The molecule has 24 heavy (non-hydrogen) atoms. The predicted octanol–water partition coefficient (Wildman–Crippen LogP) is 3.58. The molecule has 6 heteroatoms. The molecule has 0 bridgehead atoms. The summed E-state index contributed by atoms with van der Waals surface area (Å²) in [5, 5.41) is 2.82. The Kier molecular flexibility index (Phi) is 6.12. The van der Waals surface area contributed by atoms with Crippen LogP contribution in [0, 0.1) is 6.92 Å². The highest BCUT2D eigenvalue weighted by Crippen LogP contribution is 2.19.